The van der Waals surface area contributed by atoms with E-state index in [1.165, 1.54) is 4.90 Å². The largest absolute Gasteiger partial charge is 0.437 e. The second kappa shape index (κ2) is 10.3. The van der Waals surface area contributed by atoms with Crippen molar-refractivity contribution in [3.63, 3.8) is 0 Å². The van der Waals surface area contributed by atoms with Gasteiger partial charge in [-0.05, 0) is 36.8 Å². The van der Waals surface area contributed by atoms with E-state index in [1.54, 1.807) is 54.6 Å². The molecule has 3 rings (SSSR count). The number of pyridine rings is 2. The first-order chi connectivity index (χ1) is 13.7. The third-order valence-electron chi connectivity index (χ3n) is 3.87. The van der Waals surface area contributed by atoms with Gasteiger partial charge in [-0.25, -0.2) is 9.78 Å². The van der Waals surface area contributed by atoms with Crippen LogP contribution < -0.4 is 15.4 Å². The zero-order valence-electron chi connectivity index (χ0n) is 15.5. The monoisotopic (exact) mass is 394 g/mol. The molecule has 144 valence electrons. The van der Waals surface area contributed by atoms with Crippen molar-refractivity contribution in [3.05, 3.63) is 73.2 Å². The van der Waals surface area contributed by atoms with Crippen LogP contribution in [0.5, 0.6) is 11.6 Å². The van der Waals surface area contributed by atoms with E-state index in [4.69, 9.17) is 4.74 Å². The van der Waals surface area contributed by atoms with Crippen LogP contribution in [0, 0.1) is 0 Å². The predicted molar refractivity (Wildman–Crippen MR) is 112 cm³/mol. The van der Waals surface area contributed by atoms with Crippen LogP contribution in [0.25, 0.3) is 0 Å². The Labute approximate surface area is 168 Å². The van der Waals surface area contributed by atoms with Crippen molar-refractivity contribution in [1.29, 1.82) is 0 Å². The van der Waals surface area contributed by atoms with Gasteiger partial charge in [-0.2, -0.15) is 0 Å². The number of benzene rings is 1. The van der Waals surface area contributed by atoms with E-state index < -0.39 is 0 Å². The second-order valence-electron chi connectivity index (χ2n) is 6.00. The normalized spacial score (nSPS) is 11.5. The van der Waals surface area contributed by atoms with E-state index in [0.717, 1.165) is 12.2 Å². The van der Waals surface area contributed by atoms with Gasteiger partial charge in [0.1, 0.15) is 5.75 Å². The van der Waals surface area contributed by atoms with Crippen LogP contribution in [0.3, 0.4) is 0 Å². The van der Waals surface area contributed by atoms with Crippen molar-refractivity contribution in [2.45, 2.75) is 24.3 Å². The average Bonchev–Trinajstić information content (AvgIpc) is 2.74. The summed E-state index contributed by atoms with van der Waals surface area (Å²) in [6, 6.07) is 17.0. The Balaban J connectivity index is 1.48. The average molecular weight is 395 g/mol. The number of nitrogens with one attached hydrogen (secondary N) is 2. The highest BCUT2D eigenvalue weighted by Gasteiger charge is 2.11. The minimum atomic E-state index is -0.247. The molecule has 0 aliphatic rings. The topological polar surface area (TPSA) is 76.1 Å². The molecule has 2 aromatic heterocycles. The molecular formula is C21H22N4O2S. The number of hydrogen-bond donors (Lipinski definition) is 2. The van der Waals surface area contributed by atoms with Crippen molar-refractivity contribution in [3.8, 4) is 11.6 Å². The molecule has 1 atom stereocenters. The number of urea groups is 1. The smallest absolute Gasteiger partial charge is 0.319 e. The molecule has 2 heterocycles. The van der Waals surface area contributed by atoms with Gasteiger partial charge in [0.15, 0.2) is 0 Å². The highest BCUT2D eigenvalue weighted by molar-refractivity contribution is 7.99. The second-order valence-corrected chi connectivity index (χ2v) is 7.10. The quantitative estimate of drug-likeness (QED) is 0.528. The number of nitrogens with zero attached hydrogens (tertiary/aromatic N) is 2. The fourth-order valence-corrected chi connectivity index (χ4v) is 3.43. The minimum absolute atomic E-state index is 0.0753. The maximum Gasteiger partial charge on any atom is 0.319 e. The first kappa shape index (κ1) is 19.7. The standard InChI is InChI=1S/C21H22N4O2S/c1-2-16(15-28-19-8-4-3-5-9-19)24-21(26)25-17-10-11-20(23-13-17)27-18-7-6-12-22-14-18/h3-14,16H,2,15H2,1H3,(H2,24,25,26). The molecule has 0 bridgehead atoms. The SMILES string of the molecule is CCC(CSc1ccccc1)NC(=O)Nc1ccc(Oc2cccnc2)nc1. The molecule has 1 unspecified atom stereocenters. The van der Waals surface area contributed by atoms with E-state index >= 15 is 0 Å². The molecule has 0 aliphatic heterocycles. The van der Waals surface area contributed by atoms with Crippen molar-refractivity contribution in [1.82, 2.24) is 15.3 Å². The predicted octanol–water partition coefficient (Wildman–Crippen LogP) is 4.96. The van der Waals surface area contributed by atoms with E-state index in [9.17, 15) is 4.79 Å². The summed E-state index contributed by atoms with van der Waals surface area (Å²) in [5.74, 6) is 1.85. The molecule has 7 heteroatoms. The maximum absolute atomic E-state index is 12.3. The first-order valence-electron chi connectivity index (χ1n) is 9.02. The number of anilines is 1. The number of thioether (sulfide) groups is 1. The van der Waals surface area contributed by atoms with E-state index in [1.807, 2.05) is 18.2 Å². The highest BCUT2D eigenvalue weighted by atomic mass is 32.2. The molecular weight excluding hydrogens is 372 g/mol. The number of hydrogen-bond acceptors (Lipinski definition) is 5. The molecule has 0 spiro atoms. The summed E-state index contributed by atoms with van der Waals surface area (Å²) in [6.45, 7) is 2.06. The van der Waals surface area contributed by atoms with Gasteiger partial charge >= 0.3 is 6.03 Å². The Morgan fingerprint density at radius 3 is 2.64 bits per heavy atom. The third-order valence-corrected chi connectivity index (χ3v) is 5.05. The van der Waals surface area contributed by atoms with Crippen molar-refractivity contribution in [2.24, 2.45) is 0 Å². The summed E-state index contributed by atoms with van der Waals surface area (Å²) in [6.07, 6.45) is 5.70. The van der Waals surface area contributed by atoms with E-state index in [-0.39, 0.29) is 12.1 Å². The molecule has 2 N–H and O–H groups in total. The lowest BCUT2D eigenvalue weighted by molar-refractivity contribution is 0.249. The molecule has 2 amide bonds. The van der Waals surface area contributed by atoms with Gasteiger partial charge in [-0.3, -0.25) is 4.98 Å². The summed E-state index contributed by atoms with van der Waals surface area (Å²) in [5.41, 5.74) is 0.599. The van der Waals surface area contributed by atoms with Crippen molar-refractivity contribution < 1.29 is 9.53 Å². The van der Waals surface area contributed by atoms with Gasteiger partial charge < -0.3 is 15.4 Å². The summed E-state index contributed by atoms with van der Waals surface area (Å²) in [7, 11) is 0. The maximum atomic E-state index is 12.3. The fourth-order valence-electron chi connectivity index (χ4n) is 2.37. The van der Waals surface area contributed by atoms with Crippen LogP contribution in [0.2, 0.25) is 0 Å². The lowest BCUT2D eigenvalue weighted by Gasteiger charge is -2.17. The van der Waals surface area contributed by atoms with E-state index in [0.29, 0.717) is 17.3 Å². The van der Waals surface area contributed by atoms with Crippen LogP contribution in [0.4, 0.5) is 10.5 Å². The third kappa shape index (κ3) is 6.28. The molecule has 0 fully saturated rings. The Hall–Kier alpha value is -3.06. The number of aromatic nitrogens is 2. The summed E-state index contributed by atoms with van der Waals surface area (Å²) in [4.78, 5) is 21.7. The molecule has 0 saturated heterocycles. The van der Waals surface area contributed by atoms with Gasteiger partial charge in [0.05, 0.1) is 18.1 Å². The first-order valence-corrected chi connectivity index (χ1v) is 10.0. The van der Waals surface area contributed by atoms with Crippen LogP contribution in [0.15, 0.2) is 78.1 Å². The zero-order valence-corrected chi connectivity index (χ0v) is 16.4. The molecule has 1 aromatic carbocycles. The van der Waals surface area contributed by atoms with Gasteiger partial charge in [-0.1, -0.05) is 25.1 Å². The summed E-state index contributed by atoms with van der Waals surface area (Å²) >= 11 is 1.73. The van der Waals surface area contributed by atoms with Crippen LogP contribution in [-0.2, 0) is 0 Å². The Morgan fingerprint density at radius 1 is 1.11 bits per heavy atom. The van der Waals surface area contributed by atoms with Crippen LogP contribution >= 0.6 is 11.8 Å². The minimum Gasteiger partial charge on any atom is -0.437 e. The Morgan fingerprint density at radius 2 is 1.96 bits per heavy atom. The lowest BCUT2D eigenvalue weighted by atomic mass is 10.3. The van der Waals surface area contributed by atoms with E-state index in [2.05, 4.69) is 39.7 Å². The molecule has 0 radical (unpaired) electrons. The van der Waals surface area contributed by atoms with Crippen molar-refractivity contribution in [2.75, 3.05) is 11.1 Å². The van der Waals surface area contributed by atoms with Crippen LogP contribution in [-0.4, -0.2) is 27.8 Å². The fraction of sp³-hybridized carbons (Fsp3) is 0.190. The number of carbonyl (C=O) groups is 1. The summed E-state index contributed by atoms with van der Waals surface area (Å²) in [5, 5.41) is 5.81. The molecule has 0 aliphatic carbocycles. The highest BCUT2D eigenvalue weighted by Crippen LogP contribution is 2.20. The number of ether oxygens (including phenoxy) is 1. The van der Waals surface area contributed by atoms with Gasteiger partial charge in [0.25, 0.3) is 0 Å². The van der Waals surface area contributed by atoms with Gasteiger partial charge in [-0.15, -0.1) is 11.8 Å². The van der Waals surface area contributed by atoms with Crippen LogP contribution in [0.1, 0.15) is 13.3 Å². The number of amides is 2. The zero-order chi connectivity index (χ0) is 19.6. The van der Waals surface area contributed by atoms with Gasteiger partial charge in [0, 0.05) is 29.0 Å². The van der Waals surface area contributed by atoms with Crippen molar-refractivity contribution >= 4 is 23.5 Å². The molecule has 6 nitrogen and oxygen atoms in total. The molecule has 0 saturated carbocycles. The Kier molecular flexibility index (Phi) is 7.26. The van der Waals surface area contributed by atoms with Gasteiger partial charge in [0.2, 0.25) is 5.88 Å². The summed E-state index contributed by atoms with van der Waals surface area (Å²) < 4.78 is 5.59. The Bertz CT molecular complexity index is 861. The lowest BCUT2D eigenvalue weighted by Crippen LogP contribution is -2.39. The number of rotatable bonds is 8. The number of carbonyl (C=O) groups excluding carboxylic acids is 1. The molecule has 3 aromatic rings. The molecule has 28 heavy (non-hydrogen) atoms.